The lowest BCUT2D eigenvalue weighted by Crippen LogP contribution is -2.07. The van der Waals surface area contributed by atoms with Gasteiger partial charge in [0, 0.05) is 6.54 Å². The third kappa shape index (κ3) is 2.59. The van der Waals surface area contributed by atoms with Gasteiger partial charge in [0.05, 0.1) is 11.6 Å². The average Bonchev–Trinajstić information content (AvgIpc) is 2.20. The lowest BCUT2D eigenvalue weighted by molar-refractivity contribution is 0.337. The van der Waals surface area contributed by atoms with Crippen molar-refractivity contribution in [3.63, 3.8) is 0 Å². The van der Waals surface area contributed by atoms with Crippen LogP contribution in [0.2, 0.25) is 5.02 Å². The monoisotopic (exact) mass is 217 g/mol. The summed E-state index contributed by atoms with van der Waals surface area (Å²) in [6.45, 7) is 2.36. The summed E-state index contributed by atoms with van der Waals surface area (Å²) in [6, 6.07) is 4.84. The highest BCUT2D eigenvalue weighted by molar-refractivity contribution is 6.32. The van der Waals surface area contributed by atoms with Gasteiger partial charge in [-0.25, -0.2) is 4.39 Å². The molecular formula is C10H13ClFNO. The second-order valence-electron chi connectivity index (χ2n) is 2.83. The summed E-state index contributed by atoms with van der Waals surface area (Å²) in [4.78, 5) is 0. The van der Waals surface area contributed by atoms with Crippen LogP contribution in [-0.2, 0) is 0 Å². The van der Waals surface area contributed by atoms with E-state index in [1.807, 2.05) is 6.92 Å². The van der Waals surface area contributed by atoms with Crippen molar-refractivity contribution < 1.29 is 9.13 Å². The highest BCUT2D eigenvalue weighted by Gasteiger charge is 2.09. The van der Waals surface area contributed by atoms with Crippen molar-refractivity contribution >= 4 is 11.6 Å². The normalized spacial score (nSPS) is 12.6. The van der Waals surface area contributed by atoms with Crippen LogP contribution in [0.15, 0.2) is 18.2 Å². The molecule has 0 aliphatic heterocycles. The van der Waals surface area contributed by atoms with Crippen molar-refractivity contribution in [2.24, 2.45) is 5.73 Å². The summed E-state index contributed by atoms with van der Waals surface area (Å²) in [5.74, 6) is 0.571. The molecule has 0 fully saturated rings. The minimum atomic E-state index is -1.16. The molecule has 0 heterocycles. The number of hydrogen-bond donors (Lipinski definition) is 1. The molecule has 0 saturated carbocycles. The van der Waals surface area contributed by atoms with Gasteiger partial charge >= 0.3 is 0 Å². The Morgan fingerprint density at radius 3 is 2.79 bits per heavy atom. The number of benzene rings is 1. The predicted molar refractivity (Wildman–Crippen MR) is 55.5 cm³/mol. The summed E-state index contributed by atoms with van der Waals surface area (Å²) in [7, 11) is 0. The van der Waals surface area contributed by atoms with Crippen LogP contribution in [0.25, 0.3) is 0 Å². The zero-order chi connectivity index (χ0) is 10.6. The molecule has 0 saturated heterocycles. The van der Waals surface area contributed by atoms with E-state index >= 15 is 0 Å². The molecule has 0 aliphatic rings. The maximum Gasteiger partial charge on any atom is 0.137 e. The summed E-state index contributed by atoms with van der Waals surface area (Å²) in [5.41, 5.74) is 5.69. The zero-order valence-corrected chi connectivity index (χ0v) is 8.72. The molecule has 0 bridgehead atoms. The van der Waals surface area contributed by atoms with Crippen LogP contribution < -0.4 is 10.5 Å². The van der Waals surface area contributed by atoms with Crippen LogP contribution in [0, 0.1) is 0 Å². The fraction of sp³-hybridized carbons (Fsp3) is 0.400. The first-order valence-electron chi connectivity index (χ1n) is 4.45. The molecule has 78 valence electrons. The Morgan fingerprint density at radius 1 is 1.57 bits per heavy atom. The van der Waals surface area contributed by atoms with E-state index < -0.39 is 6.17 Å². The number of ether oxygens (including phenoxy) is 1. The number of rotatable bonds is 4. The summed E-state index contributed by atoms with van der Waals surface area (Å²) >= 11 is 5.88. The molecule has 0 aliphatic carbocycles. The van der Waals surface area contributed by atoms with E-state index in [1.165, 1.54) is 0 Å². The van der Waals surface area contributed by atoms with Gasteiger partial charge in [-0.1, -0.05) is 17.7 Å². The Balaban J connectivity index is 2.88. The molecule has 2 nitrogen and oxygen atoms in total. The molecule has 0 amide bonds. The van der Waals surface area contributed by atoms with Gasteiger partial charge in [-0.05, 0) is 24.6 Å². The number of halogens is 2. The molecule has 1 unspecified atom stereocenters. The smallest absolute Gasteiger partial charge is 0.137 e. The minimum Gasteiger partial charge on any atom is -0.492 e. The van der Waals surface area contributed by atoms with E-state index in [1.54, 1.807) is 18.2 Å². The van der Waals surface area contributed by atoms with Crippen molar-refractivity contribution in [3.05, 3.63) is 28.8 Å². The zero-order valence-electron chi connectivity index (χ0n) is 7.97. The van der Waals surface area contributed by atoms with Crippen LogP contribution in [0.3, 0.4) is 0 Å². The minimum absolute atomic E-state index is 0.0374. The van der Waals surface area contributed by atoms with Crippen molar-refractivity contribution in [1.82, 2.24) is 0 Å². The third-order valence-electron chi connectivity index (χ3n) is 1.82. The van der Waals surface area contributed by atoms with Crippen molar-refractivity contribution in [2.75, 3.05) is 13.2 Å². The van der Waals surface area contributed by atoms with E-state index in [-0.39, 0.29) is 6.54 Å². The molecule has 1 aromatic carbocycles. The highest BCUT2D eigenvalue weighted by atomic mass is 35.5. The average molecular weight is 218 g/mol. The Labute approximate surface area is 87.8 Å². The van der Waals surface area contributed by atoms with Gasteiger partial charge in [-0.2, -0.15) is 0 Å². The van der Waals surface area contributed by atoms with Crippen LogP contribution >= 0.6 is 11.6 Å². The molecule has 1 aromatic rings. The molecule has 4 heteroatoms. The topological polar surface area (TPSA) is 35.2 Å². The lowest BCUT2D eigenvalue weighted by atomic mass is 10.1. The van der Waals surface area contributed by atoms with Crippen LogP contribution in [-0.4, -0.2) is 13.2 Å². The summed E-state index contributed by atoms with van der Waals surface area (Å²) < 4.78 is 18.4. The van der Waals surface area contributed by atoms with E-state index in [2.05, 4.69) is 0 Å². The van der Waals surface area contributed by atoms with Gasteiger partial charge < -0.3 is 10.5 Å². The molecule has 0 aromatic heterocycles. The van der Waals surface area contributed by atoms with Crippen LogP contribution in [0.1, 0.15) is 18.7 Å². The van der Waals surface area contributed by atoms with Crippen LogP contribution in [0.5, 0.6) is 5.75 Å². The van der Waals surface area contributed by atoms with E-state index in [9.17, 15) is 4.39 Å². The van der Waals surface area contributed by atoms with E-state index in [0.717, 1.165) is 0 Å². The third-order valence-corrected chi connectivity index (χ3v) is 2.12. The molecular weight excluding hydrogens is 205 g/mol. The molecule has 0 spiro atoms. The van der Waals surface area contributed by atoms with Gasteiger partial charge in [0.15, 0.2) is 0 Å². The molecule has 0 radical (unpaired) electrons. The Bertz CT molecular complexity index is 306. The van der Waals surface area contributed by atoms with Crippen molar-refractivity contribution in [2.45, 2.75) is 13.1 Å². The van der Waals surface area contributed by atoms with E-state index in [4.69, 9.17) is 22.1 Å². The Morgan fingerprint density at radius 2 is 2.29 bits per heavy atom. The second-order valence-corrected chi connectivity index (χ2v) is 3.23. The SMILES string of the molecule is CCOc1ccc(C(F)CN)cc1Cl. The fourth-order valence-corrected chi connectivity index (χ4v) is 1.36. The number of nitrogens with two attached hydrogens (primary N) is 1. The summed E-state index contributed by atoms with van der Waals surface area (Å²) in [5, 5.41) is 0.417. The maximum atomic E-state index is 13.1. The molecule has 1 rings (SSSR count). The Kier molecular flexibility index (Phi) is 4.17. The van der Waals surface area contributed by atoms with Gasteiger partial charge in [-0.15, -0.1) is 0 Å². The van der Waals surface area contributed by atoms with Crippen LogP contribution in [0.4, 0.5) is 4.39 Å². The molecule has 1 atom stereocenters. The summed E-state index contributed by atoms with van der Waals surface area (Å²) in [6.07, 6.45) is -1.16. The van der Waals surface area contributed by atoms with Gasteiger partial charge in [0.1, 0.15) is 11.9 Å². The highest BCUT2D eigenvalue weighted by Crippen LogP contribution is 2.28. The molecule has 2 N–H and O–H groups in total. The standard InChI is InChI=1S/C10H13ClFNO/c1-2-14-10-4-3-7(5-8(10)11)9(12)6-13/h3-5,9H,2,6,13H2,1H3. The predicted octanol–water partition coefficient (Wildman–Crippen LogP) is 2.71. The largest absolute Gasteiger partial charge is 0.492 e. The van der Waals surface area contributed by atoms with Gasteiger partial charge in [0.2, 0.25) is 0 Å². The quantitative estimate of drug-likeness (QED) is 0.842. The first-order chi connectivity index (χ1) is 6.69. The first kappa shape index (κ1) is 11.3. The number of alkyl halides is 1. The fourth-order valence-electron chi connectivity index (χ4n) is 1.12. The van der Waals surface area contributed by atoms with Crippen molar-refractivity contribution in [3.8, 4) is 5.75 Å². The van der Waals surface area contributed by atoms with Gasteiger partial charge in [-0.3, -0.25) is 0 Å². The first-order valence-corrected chi connectivity index (χ1v) is 4.83. The maximum absolute atomic E-state index is 13.1. The van der Waals surface area contributed by atoms with Crippen molar-refractivity contribution in [1.29, 1.82) is 0 Å². The lowest BCUT2D eigenvalue weighted by Gasteiger charge is -2.09. The van der Waals surface area contributed by atoms with E-state index in [0.29, 0.717) is 22.9 Å². The number of hydrogen-bond acceptors (Lipinski definition) is 2. The molecule has 14 heavy (non-hydrogen) atoms. The second kappa shape index (κ2) is 5.17. The Hall–Kier alpha value is -0.800. The van der Waals surface area contributed by atoms with Gasteiger partial charge in [0.25, 0.3) is 0 Å².